The first-order valence-corrected chi connectivity index (χ1v) is 11.9. The van der Waals surface area contributed by atoms with Crippen molar-refractivity contribution < 1.29 is 22.3 Å². The predicted octanol–water partition coefficient (Wildman–Crippen LogP) is 5.28. The lowest BCUT2D eigenvalue weighted by atomic mass is 10.2. The second kappa shape index (κ2) is 10.5. The maximum absolute atomic E-state index is 14.4. The van der Waals surface area contributed by atoms with Crippen molar-refractivity contribution in [2.75, 3.05) is 19.0 Å². The summed E-state index contributed by atoms with van der Waals surface area (Å²) in [7, 11) is -2.70. The van der Waals surface area contributed by atoms with Crippen molar-refractivity contribution in [1.29, 1.82) is 0 Å². The molecule has 0 aliphatic rings. The molecular formula is C23H21Cl2FN2O4S. The molecule has 0 atom stereocenters. The molecule has 0 spiro atoms. The Bertz CT molecular complexity index is 1250. The van der Waals surface area contributed by atoms with E-state index in [9.17, 15) is 17.6 Å². The van der Waals surface area contributed by atoms with Crippen molar-refractivity contribution in [3.63, 3.8) is 0 Å². The van der Waals surface area contributed by atoms with Crippen LogP contribution in [0.4, 0.5) is 10.1 Å². The fourth-order valence-corrected chi connectivity index (χ4v) is 4.89. The van der Waals surface area contributed by atoms with Crippen molar-refractivity contribution >= 4 is 44.8 Å². The minimum Gasteiger partial charge on any atom is -0.495 e. The van der Waals surface area contributed by atoms with Crippen LogP contribution >= 0.6 is 23.2 Å². The lowest BCUT2D eigenvalue weighted by molar-refractivity contribution is -0.116. The van der Waals surface area contributed by atoms with Crippen LogP contribution < -0.4 is 10.1 Å². The van der Waals surface area contributed by atoms with Crippen LogP contribution in [0, 0.1) is 12.7 Å². The minimum absolute atomic E-state index is 0.0270. The molecule has 33 heavy (non-hydrogen) atoms. The van der Waals surface area contributed by atoms with E-state index < -0.39 is 34.8 Å². The number of hydrogen-bond donors (Lipinski definition) is 1. The van der Waals surface area contributed by atoms with Crippen molar-refractivity contribution in [3.8, 4) is 5.75 Å². The maximum atomic E-state index is 14.4. The number of halogens is 3. The Morgan fingerprint density at radius 2 is 1.76 bits per heavy atom. The minimum atomic E-state index is -4.15. The molecule has 174 valence electrons. The summed E-state index contributed by atoms with van der Waals surface area (Å²) < 4.78 is 47.1. The molecule has 0 radical (unpaired) electrons. The summed E-state index contributed by atoms with van der Waals surface area (Å²) in [5, 5.41) is 2.93. The summed E-state index contributed by atoms with van der Waals surface area (Å²) in [4.78, 5) is 12.7. The van der Waals surface area contributed by atoms with Crippen LogP contribution in [-0.2, 0) is 21.4 Å². The number of aryl methyl sites for hydroxylation is 1. The van der Waals surface area contributed by atoms with E-state index in [1.165, 1.54) is 43.5 Å². The average molecular weight is 511 g/mol. The molecule has 0 saturated heterocycles. The predicted molar refractivity (Wildman–Crippen MR) is 127 cm³/mol. The number of amides is 1. The van der Waals surface area contributed by atoms with Crippen LogP contribution in [0.5, 0.6) is 5.75 Å². The first kappa shape index (κ1) is 25.0. The van der Waals surface area contributed by atoms with Gasteiger partial charge < -0.3 is 10.1 Å². The Labute approximate surface area is 201 Å². The number of carbonyl (C=O) groups excluding carboxylic acids is 1. The van der Waals surface area contributed by atoms with Gasteiger partial charge in [0.15, 0.2) is 0 Å². The van der Waals surface area contributed by atoms with E-state index in [0.29, 0.717) is 11.4 Å². The monoisotopic (exact) mass is 510 g/mol. The number of hydrogen-bond acceptors (Lipinski definition) is 4. The highest BCUT2D eigenvalue weighted by Crippen LogP contribution is 2.28. The summed E-state index contributed by atoms with van der Waals surface area (Å²) in [6.07, 6.45) is 0. The molecule has 10 heteroatoms. The molecule has 0 aliphatic heterocycles. The van der Waals surface area contributed by atoms with Gasteiger partial charge in [-0.3, -0.25) is 4.79 Å². The standard InChI is InChI=1S/C23H21Cl2FN2O4S/c1-15-6-9-17(10-7-15)33(30,31)28(13-18-19(24)4-3-5-21(18)26)14-23(29)27-16-8-11-22(32-2)20(25)12-16/h3-12H,13-14H2,1-2H3,(H,27,29). The third-order valence-corrected chi connectivity index (χ3v) is 7.27. The van der Waals surface area contributed by atoms with Crippen LogP contribution in [0.2, 0.25) is 10.0 Å². The fraction of sp³-hybridized carbons (Fsp3) is 0.174. The third kappa shape index (κ3) is 6.03. The van der Waals surface area contributed by atoms with Gasteiger partial charge in [-0.25, -0.2) is 12.8 Å². The molecule has 3 aromatic carbocycles. The topological polar surface area (TPSA) is 75.7 Å². The largest absolute Gasteiger partial charge is 0.495 e. The molecule has 3 rings (SSSR count). The van der Waals surface area contributed by atoms with Crippen molar-refractivity contribution in [3.05, 3.63) is 87.7 Å². The van der Waals surface area contributed by atoms with Crippen LogP contribution in [0.1, 0.15) is 11.1 Å². The van der Waals surface area contributed by atoms with Gasteiger partial charge in [0.25, 0.3) is 0 Å². The SMILES string of the molecule is COc1ccc(NC(=O)CN(Cc2c(F)cccc2Cl)S(=O)(=O)c2ccc(C)cc2)cc1Cl. The molecule has 0 fully saturated rings. The van der Waals surface area contributed by atoms with Crippen molar-refractivity contribution in [2.45, 2.75) is 18.4 Å². The third-order valence-electron chi connectivity index (χ3n) is 4.81. The quantitative estimate of drug-likeness (QED) is 0.447. The highest BCUT2D eigenvalue weighted by molar-refractivity contribution is 7.89. The van der Waals surface area contributed by atoms with E-state index in [1.807, 2.05) is 6.92 Å². The van der Waals surface area contributed by atoms with Crippen LogP contribution in [0.25, 0.3) is 0 Å². The number of methoxy groups -OCH3 is 1. The highest BCUT2D eigenvalue weighted by atomic mass is 35.5. The van der Waals surface area contributed by atoms with E-state index in [1.54, 1.807) is 24.3 Å². The number of sulfonamides is 1. The summed E-state index contributed by atoms with van der Waals surface area (Å²) in [6.45, 7) is 0.809. The molecule has 0 heterocycles. The molecule has 0 unspecified atom stereocenters. The van der Waals surface area contributed by atoms with Gasteiger partial charge in [-0.15, -0.1) is 0 Å². The van der Waals surface area contributed by atoms with Gasteiger partial charge in [0.05, 0.1) is 23.6 Å². The van der Waals surface area contributed by atoms with Crippen LogP contribution in [-0.4, -0.2) is 32.3 Å². The Morgan fingerprint density at radius 3 is 2.36 bits per heavy atom. The zero-order valence-corrected chi connectivity index (χ0v) is 20.1. The second-order valence-corrected chi connectivity index (χ2v) is 9.94. The Kier molecular flexibility index (Phi) is 7.97. The molecule has 0 bridgehead atoms. The van der Waals surface area contributed by atoms with E-state index in [4.69, 9.17) is 27.9 Å². The van der Waals surface area contributed by atoms with E-state index in [0.717, 1.165) is 9.87 Å². The molecule has 0 aromatic heterocycles. The smallest absolute Gasteiger partial charge is 0.243 e. The van der Waals surface area contributed by atoms with Gasteiger partial charge in [-0.1, -0.05) is 47.0 Å². The van der Waals surface area contributed by atoms with Crippen LogP contribution in [0.15, 0.2) is 65.6 Å². The zero-order chi connectivity index (χ0) is 24.2. The van der Waals surface area contributed by atoms with E-state index in [2.05, 4.69) is 5.32 Å². The van der Waals surface area contributed by atoms with E-state index in [-0.39, 0.29) is 20.5 Å². The molecule has 0 saturated carbocycles. The molecule has 1 amide bonds. The van der Waals surface area contributed by atoms with E-state index >= 15 is 0 Å². The number of carbonyl (C=O) groups is 1. The number of ether oxygens (including phenoxy) is 1. The van der Waals surface area contributed by atoms with Gasteiger partial charge in [0.1, 0.15) is 11.6 Å². The second-order valence-electron chi connectivity index (χ2n) is 7.18. The summed E-state index contributed by atoms with van der Waals surface area (Å²) in [5.74, 6) is -0.888. The highest BCUT2D eigenvalue weighted by Gasteiger charge is 2.28. The lowest BCUT2D eigenvalue weighted by Crippen LogP contribution is -2.38. The fourth-order valence-electron chi connectivity index (χ4n) is 3.05. The molecular weight excluding hydrogens is 490 g/mol. The first-order valence-electron chi connectivity index (χ1n) is 9.75. The summed E-state index contributed by atoms with van der Waals surface area (Å²) in [6, 6.07) is 14.8. The molecule has 1 N–H and O–H groups in total. The molecule has 0 aliphatic carbocycles. The number of anilines is 1. The van der Waals surface area contributed by atoms with Gasteiger partial charge in [0.2, 0.25) is 15.9 Å². The number of nitrogens with zero attached hydrogens (tertiary/aromatic N) is 1. The Balaban J connectivity index is 1.91. The summed E-state index contributed by atoms with van der Waals surface area (Å²) >= 11 is 12.2. The first-order chi connectivity index (χ1) is 15.6. The maximum Gasteiger partial charge on any atom is 0.243 e. The average Bonchev–Trinajstić information content (AvgIpc) is 2.76. The summed E-state index contributed by atoms with van der Waals surface area (Å²) in [5.41, 5.74) is 1.18. The zero-order valence-electron chi connectivity index (χ0n) is 17.8. The van der Waals surface area contributed by atoms with Gasteiger partial charge in [0, 0.05) is 22.8 Å². The lowest BCUT2D eigenvalue weighted by Gasteiger charge is -2.23. The van der Waals surface area contributed by atoms with Crippen molar-refractivity contribution in [1.82, 2.24) is 4.31 Å². The molecule has 3 aromatic rings. The Hall–Kier alpha value is -2.65. The van der Waals surface area contributed by atoms with Crippen molar-refractivity contribution in [2.24, 2.45) is 0 Å². The van der Waals surface area contributed by atoms with Gasteiger partial charge in [-0.2, -0.15) is 4.31 Å². The van der Waals surface area contributed by atoms with Gasteiger partial charge in [-0.05, 0) is 49.4 Å². The normalized spacial score (nSPS) is 11.5. The van der Waals surface area contributed by atoms with Gasteiger partial charge >= 0.3 is 0 Å². The molecule has 6 nitrogen and oxygen atoms in total. The number of nitrogens with one attached hydrogen (secondary N) is 1. The number of rotatable bonds is 8. The van der Waals surface area contributed by atoms with Crippen LogP contribution in [0.3, 0.4) is 0 Å². The Morgan fingerprint density at radius 1 is 1.06 bits per heavy atom. The number of benzene rings is 3.